The molecule has 2 nitrogen and oxygen atoms in total. The Morgan fingerprint density at radius 1 is 0.944 bits per heavy atom. The number of anilines is 1. The highest BCUT2D eigenvalue weighted by Crippen LogP contribution is 2.41. The van der Waals surface area contributed by atoms with Crippen molar-refractivity contribution in [3.05, 3.63) is 52.8 Å². The largest absolute Gasteiger partial charge is 0.396 e. The lowest BCUT2D eigenvalue weighted by Crippen LogP contribution is -2.03. The van der Waals surface area contributed by atoms with Gasteiger partial charge in [-0.15, -0.1) is 0 Å². The van der Waals surface area contributed by atoms with Crippen molar-refractivity contribution in [1.29, 1.82) is 0 Å². The third-order valence-corrected chi connectivity index (χ3v) is 2.97. The molecule has 0 fully saturated rings. The Balaban J connectivity index is 2.44. The minimum Gasteiger partial charge on any atom is -0.396 e. The molecule has 0 unspecified atom stereocenters. The topological polar surface area (TPSA) is 43.1 Å². The van der Waals surface area contributed by atoms with E-state index < -0.39 is 34.5 Å². The predicted octanol–water partition coefficient (Wildman–Crippen LogP) is 2.90. The van der Waals surface area contributed by atoms with Gasteiger partial charge >= 0.3 is 0 Å². The van der Waals surface area contributed by atoms with E-state index in [1.54, 1.807) is 0 Å². The van der Waals surface area contributed by atoms with Gasteiger partial charge in [0.05, 0.1) is 11.3 Å². The van der Waals surface area contributed by atoms with E-state index in [1.165, 1.54) is 6.07 Å². The molecular weight excluding hydrogens is 243 g/mol. The molecule has 90 valence electrons. The van der Waals surface area contributed by atoms with Gasteiger partial charge in [-0.3, -0.25) is 4.79 Å². The minimum atomic E-state index is -0.965. The Labute approximate surface area is 99.8 Å². The van der Waals surface area contributed by atoms with E-state index in [4.69, 9.17) is 5.73 Å². The van der Waals surface area contributed by atoms with Crippen molar-refractivity contribution < 1.29 is 18.0 Å². The van der Waals surface area contributed by atoms with Crippen LogP contribution in [0.3, 0.4) is 0 Å². The molecule has 3 rings (SSSR count). The zero-order valence-electron chi connectivity index (χ0n) is 8.93. The van der Waals surface area contributed by atoms with Crippen LogP contribution in [0.4, 0.5) is 18.9 Å². The highest BCUT2D eigenvalue weighted by atomic mass is 19.1. The van der Waals surface area contributed by atoms with Crippen LogP contribution in [0.5, 0.6) is 0 Å². The molecule has 0 aromatic heterocycles. The number of halogens is 3. The van der Waals surface area contributed by atoms with Crippen molar-refractivity contribution in [2.75, 3.05) is 5.73 Å². The van der Waals surface area contributed by atoms with Crippen LogP contribution in [-0.4, -0.2) is 5.78 Å². The Morgan fingerprint density at radius 2 is 1.67 bits per heavy atom. The molecule has 5 heteroatoms. The molecule has 0 saturated carbocycles. The number of fused-ring (bicyclic) bond motifs is 3. The van der Waals surface area contributed by atoms with E-state index >= 15 is 0 Å². The molecule has 0 heterocycles. The summed E-state index contributed by atoms with van der Waals surface area (Å²) < 4.78 is 40.7. The van der Waals surface area contributed by atoms with Crippen LogP contribution in [0, 0.1) is 17.5 Å². The average Bonchev–Trinajstić information content (AvgIpc) is 2.61. The first-order valence-corrected chi connectivity index (χ1v) is 5.13. The first kappa shape index (κ1) is 10.8. The van der Waals surface area contributed by atoms with Crippen LogP contribution < -0.4 is 5.73 Å². The van der Waals surface area contributed by atoms with Gasteiger partial charge in [-0.05, 0) is 17.7 Å². The highest BCUT2D eigenvalue weighted by molar-refractivity contribution is 6.22. The van der Waals surface area contributed by atoms with Crippen molar-refractivity contribution in [3.8, 4) is 11.1 Å². The van der Waals surface area contributed by atoms with Gasteiger partial charge in [-0.1, -0.05) is 6.07 Å². The summed E-state index contributed by atoms with van der Waals surface area (Å²) in [6, 6.07) is 4.13. The summed E-state index contributed by atoms with van der Waals surface area (Å²) in [6.45, 7) is 0. The maximum absolute atomic E-state index is 13.8. The maximum atomic E-state index is 13.8. The number of nitrogen functional groups attached to an aromatic ring is 1. The summed E-state index contributed by atoms with van der Waals surface area (Å²) in [6.07, 6.45) is 0. The Kier molecular flexibility index (Phi) is 2.02. The second-order valence-corrected chi connectivity index (χ2v) is 4.03. The lowest BCUT2D eigenvalue weighted by Gasteiger charge is -2.05. The third-order valence-electron chi connectivity index (χ3n) is 2.97. The molecule has 18 heavy (non-hydrogen) atoms. The van der Waals surface area contributed by atoms with Gasteiger partial charge in [0.1, 0.15) is 11.6 Å². The molecule has 2 aromatic carbocycles. The molecule has 2 aromatic rings. The molecule has 0 amide bonds. The first-order valence-electron chi connectivity index (χ1n) is 5.13. The van der Waals surface area contributed by atoms with E-state index in [9.17, 15) is 18.0 Å². The molecule has 1 aliphatic carbocycles. The van der Waals surface area contributed by atoms with Crippen molar-refractivity contribution >= 4 is 11.5 Å². The van der Waals surface area contributed by atoms with Crippen molar-refractivity contribution in [2.24, 2.45) is 0 Å². The molecule has 0 atom stereocenters. The number of ketones is 1. The van der Waals surface area contributed by atoms with Crippen molar-refractivity contribution in [3.63, 3.8) is 0 Å². The first-order chi connectivity index (χ1) is 8.50. The van der Waals surface area contributed by atoms with E-state index in [1.807, 2.05) is 0 Å². The Morgan fingerprint density at radius 3 is 2.39 bits per heavy atom. The van der Waals surface area contributed by atoms with Crippen LogP contribution in [0.2, 0.25) is 0 Å². The van der Waals surface area contributed by atoms with E-state index in [2.05, 4.69) is 0 Å². The molecule has 0 saturated heterocycles. The SMILES string of the molecule is Nc1cc(F)c2c(c1F)C(=O)c1cc(F)ccc1-2. The van der Waals surface area contributed by atoms with Gasteiger partial charge in [0.25, 0.3) is 0 Å². The lowest BCUT2D eigenvalue weighted by atomic mass is 10.0. The number of carbonyl (C=O) groups is 1. The molecule has 1 aliphatic rings. The second kappa shape index (κ2) is 3.35. The minimum absolute atomic E-state index is 0.0478. The summed E-state index contributed by atoms with van der Waals surface area (Å²) in [5.41, 5.74) is 4.41. The molecule has 0 spiro atoms. The monoisotopic (exact) mass is 249 g/mol. The Bertz CT molecular complexity index is 710. The highest BCUT2D eigenvalue weighted by Gasteiger charge is 2.33. The summed E-state index contributed by atoms with van der Waals surface area (Å²) in [5, 5.41) is 0. The van der Waals surface area contributed by atoms with Crippen LogP contribution in [0.25, 0.3) is 11.1 Å². The maximum Gasteiger partial charge on any atom is 0.197 e. The zero-order valence-corrected chi connectivity index (χ0v) is 8.93. The quantitative estimate of drug-likeness (QED) is 0.622. The van der Waals surface area contributed by atoms with E-state index in [0.717, 1.165) is 18.2 Å². The lowest BCUT2D eigenvalue weighted by molar-refractivity contribution is 0.103. The molecule has 0 radical (unpaired) electrons. The molecule has 0 bridgehead atoms. The number of nitrogens with two attached hydrogens (primary N) is 1. The van der Waals surface area contributed by atoms with Crippen LogP contribution in [-0.2, 0) is 0 Å². The fourth-order valence-corrected chi connectivity index (χ4v) is 2.18. The van der Waals surface area contributed by atoms with Crippen LogP contribution >= 0.6 is 0 Å². The number of hydrogen-bond acceptors (Lipinski definition) is 2. The van der Waals surface area contributed by atoms with E-state index in [0.29, 0.717) is 0 Å². The predicted molar refractivity (Wildman–Crippen MR) is 59.6 cm³/mol. The number of hydrogen-bond donors (Lipinski definition) is 1. The van der Waals surface area contributed by atoms with Crippen LogP contribution in [0.15, 0.2) is 24.3 Å². The van der Waals surface area contributed by atoms with Gasteiger partial charge in [0.15, 0.2) is 11.6 Å². The summed E-state index contributed by atoms with van der Waals surface area (Å²) in [7, 11) is 0. The fraction of sp³-hybridized carbons (Fsp3) is 0. The van der Waals surface area contributed by atoms with Gasteiger partial charge < -0.3 is 5.73 Å². The third kappa shape index (κ3) is 1.21. The second-order valence-electron chi connectivity index (χ2n) is 4.03. The number of rotatable bonds is 0. The summed E-state index contributed by atoms with van der Waals surface area (Å²) in [5.74, 6) is -3.14. The molecular formula is C13H6F3NO. The van der Waals surface area contributed by atoms with Crippen molar-refractivity contribution in [1.82, 2.24) is 0 Å². The average molecular weight is 249 g/mol. The fourth-order valence-electron chi connectivity index (χ4n) is 2.18. The van der Waals surface area contributed by atoms with Gasteiger partial charge in [0.2, 0.25) is 0 Å². The number of carbonyl (C=O) groups excluding carboxylic acids is 1. The zero-order chi connectivity index (χ0) is 13.0. The molecule has 2 N–H and O–H groups in total. The summed E-state index contributed by atoms with van der Waals surface area (Å²) in [4.78, 5) is 11.9. The van der Waals surface area contributed by atoms with Gasteiger partial charge in [0, 0.05) is 17.2 Å². The van der Waals surface area contributed by atoms with Crippen molar-refractivity contribution in [2.45, 2.75) is 0 Å². The smallest absolute Gasteiger partial charge is 0.197 e. The number of benzene rings is 2. The Hall–Kier alpha value is -2.30. The van der Waals surface area contributed by atoms with E-state index in [-0.39, 0.29) is 16.7 Å². The summed E-state index contributed by atoms with van der Waals surface area (Å²) >= 11 is 0. The van der Waals surface area contributed by atoms with Gasteiger partial charge in [-0.2, -0.15) is 0 Å². The van der Waals surface area contributed by atoms with Crippen LogP contribution in [0.1, 0.15) is 15.9 Å². The standard InChI is InChI=1S/C13H6F3NO/c14-5-1-2-6-7(3-5)13(18)11-10(6)8(15)4-9(17)12(11)16/h1-4H,17H2. The molecule has 0 aliphatic heterocycles. The normalized spacial score (nSPS) is 12.5. The van der Waals surface area contributed by atoms with Gasteiger partial charge in [-0.25, -0.2) is 13.2 Å².